The summed E-state index contributed by atoms with van der Waals surface area (Å²) in [5.74, 6) is -1.13. The number of amides is 1. The third kappa shape index (κ3) is 5.64. The standard InChI is InChI=1S/C18H21ClN2O4S/c1-12-4-7-15(8-5-12)21-26(23,24)11-13(2)18(22)20-16-10-14(19)6-9-17(16)25-3/h4-10,13,21H,11H2,1-3H3,(H,20,22). The molecule has 1 unspecified atom stereocenters. The van der Waals surface area contributed by atoms with Gasteiger partial charge in [-0.2, -0.15) is 0 Å². The molecule has 0 bridgehead atoms. The van der Waals surface area contributed by atoms with E-state index in [9.17, 15) is 13.2 Å². The summed E-state index contributed by atoms with van der Waals surface area (Å²) in [6.07, 6.45) is 0. The first kappa shape index (κ1) is 20.1. The number of benzene rings is 2. The maximum absolute atomic E-state index is 12.4. The van der Waals surface area contributed by atoms with Gasteiger partial charge in [-0.3, -0.25) is 9.52 Å². The Labute approximate surface area is 158 Å². The highest BCUT2D eigenvalue weighted by Gasteiger charge is 2.22. The number of rotatable bonds is 7. The molecule has 0 saturated carbocycles. The zero-order valence-corrected chi connectivity index (χ0v) is 16.3. The van der Waals surface area contributed by atoms with Gasteiger partial charge in [0, 0.05) is 10.7 Å². The number of hydrogen-bond donors (Lipinski definition) is 2. The van der Waals surface area contributed by atoms with Crippen molar-refractivity contribution >= 4 is 38.9 Å². The third-order valence-corrected chi connectivity index (χ3v) is 5.38. The van der Waals surface area contributed by atoms with E-state index < -0.39 is 21.8 Å². The number of carbonyl (C=O) groups is 1. The summed E-state index contributed by atoms with van der Waals surface area (Å²) in [6, 6.07) is 11.8. The molecule has 0 aromatic heterocycles. The monoisotopic (exact) mass is 396 g/mol. The van der Waals surface area contributed by atoms with Gasteiger partial charge in [0.2, 0.25) is 15.9 Å². The number of anilines is 2. The molecule has 26 heavy (non-hydrogen) atoms. The van der Waals surface area contributed by atoms with Crippen LogP contribution in [0.1, 0.15) is 12.5 Å². The summed E-state index contributed by atoms with van der Waals surface area (Å²) in [5, 5.41) is 3.09. The van der Waals surface area contributed by atoms with E-state index in [0.717, 1.165) is 5.56 Å². The number of carbonyl (C=O) groups excluding carboxylic acids is 1. The van der Waals surface area contributed by atoms with Gasteiger partial charge in [0.1, 0.15) is 5.75 Å². The SMILES string of the molecule is COc1ccc(Cl)cc1NC(=O)C(C)CS(=O)(=O)Nc1ccc(C)cc1. The van der Waals surface area contributed by atoms with Gasteiger partial charge in [0.25, 0.3) is 0 Å². The number of nitrogens with one attached hydrogen (secondary N) is 2. The molecular formula is C18H21ClN2O4S. The van der Waals surface area contributed by atoms with Crippen LogP contribution in [0.25, 0.3) is 0 Å². The first-order valence-electron chi connectivity index (χ1n) is 7.92. The second kappa shape index (κ2) is 8.42. The molecule has 2 aromatic carbocycles. The van der Waals surface area contributed by atoms with E-state index in [0.29, 0.717) is 22.1 Å². The van der Waals surface area contributed by atoms with Crippen molar-refractivity contribution in [1.82, 2.24) is 0 Å². The number of aryl methyl sites for hydroxylation is 1. The lowest BCUT2D eigenvalue weighted by Crippen LogP contribution is -2.30. The van der Waals surface area contributed by atoms with E-state index in [1.807, 2.05) is 6.92 Å². The van der Waals surface area contributed by atoms with E-state index in [-0.39, 0.29) is 5.75 Å². The highest BCUT2D eigenvalue weighted by atomic mass is 35.5. The Morgan fingerprint density at radius 1 is 1.19 bits per heavy atom. The van der Waals surface area contributed by atoms with E-state index in [1.165, 1.54) is 7.11 Å². The molecule has 2 N–H and O–H groups in total. The second-order valence-corrected chi connectivity index (χ2v) is 8.19. The lowest BCUT2D eigenvalue weighted by Gasteiger charge is -2.15. The topological polar surface area (TPSA) is 84.5 Å². The van der Waals surface area contributed by atoms with Crippen LogP contribution in [0, 0.1) is 12.8 Å². The molecule has 0 aliphatic rings. The van der Waals surface area contributed by atoms with Gasteiger partial charge in [-0.1, -0.05) is 36.2 Å². The van der Waals surface area contributed by atoms with Crippen molar-refractivity contribution < 1.29 is 17.9 Å². The zero-order valence-electron chi connectivity index (χ0n) is 14.7. The van der Waals surface area contributed by atoms with Gasteiger partial charge in [-0.05, 0) is 37.3 Å². The first-order valence-corrected chi connectivity index (χ1v) is 9.95. The molecule has 2 aromatic rings. The van der Waals surface area contributed by atoms with Gasteiger partial charge in [-0.25, -0.2) is 8.42 Å². The van der Waals surface area contributed by atoms with Crippen molar-refractivity contribution in [3.05, 3.63) is 53.1 Å². The van der Waals surface area contributed by atoms with Crippen LogP contribution in [0.5, 0.6) is 5.75 Å². The van der Waals surface area contributed by atoms with Gasteiger partial charge in [-0.15, -0.1) is 0 Å². The first-order chi connectivity index (χ1) is 12.2. The Hall–Kier alpha value is -2.25. The third-order valence-electron chi connectivity index (χ3n) is 3.66. The Kier molecular flexibility index (Phi) is 6.50. The highest BCUT2D eigenvalue weighted by Crippen LogP contribution is 2.28. The van der Waals surface area contributed by atoms with Crippen molar-refractivity contribution in [2.75, 3.05) is 22.9 Å². The van der Waals surface area contributed by atoms with Crippen LogP contribution in [-0.4, -0.2) is 27.2 Å². The Morgan fingerprint density at radius 2 is 1.85 bits per heavy atom. The second-order valence-electron chi connectivity index (χ2n) is 5.98. The summed E-state index contributed by atoms with van der Waals surface area (Å²) < 4.78 is 32.2. The smallest absolute Gasteiger partial charge is 0.233 e. The molecule has 0 aliphatic heterocycles. The fraction of sp³-hybridized carbons (Fsp3) is 0.278. The number of ether oxygens (including phenoxy) is 1. The van der Waals surface area contributed by atoms with Gasteiger partial charge < -0.3 is 10.1 Å². The van der Waals surface area contributed by atoms with Gasteiger partial charge in [0.15, 0.2) is 0 Å². The maximum atomic E-state index is 12.4. The molecular weight excluding hydrogens is 376 g/mol. The minimum Gasteiger partial charge on any atom is -0.495 e. The number of methoxy groups -OCH3 is 1. The molecule has 1 atom stereocenters. The van der Waals surface area contributed by atoms with Crippen molar-refractivity contribution in [3.8, 4) is 5.75 Å². The average Bonchev–Trinajstić information content (AvgIpc) is 2.56. The van der Waals surface area contributed by atoms with Gasteiger partial charge >= 0.3 is 0 Å². The minimum absolute atomic E-state index is 0.352. The minimum atomic E-state index is -3.68. The van der Waals surface area contributed by atoms with Gasteiger partial charge in [0.05, 0.1) is 24.5 Å². The fourth-order valence-electron chi connectivity index (χ4n) is 2.28. The van der Waals surface area contributed by atoms with Crippen LogP contribution in [0.15, 0.2) is 42.5 Å². The molecule has 0 fully saturated rings. The van der Waals surface area contributed by atoms with Crippen LogP contribution in [0.3, 0.4) is 0 Å². The normalized spacial score (nSPS) is 12.3. The molecule has 140 valence electrons. The average molecular weight is 397 g/mol. The van der Waals surface area contributed by atoms with Crippen molar-refractivity contribution in [1.29, 1.82) is 0 Å². The quantitative estimate of drug-likeness (QED) is 0.747. The van der Waals surface area contributed by atoms with Crippen LogP contribution < -0.4 is 14.8 Å². The van der Waals surface area contributed by atoms with Crippen molar-refractivity contribution in [3.63, 3.8) is 0 Å². The molecule has 0 radical (unpaired) electrons. The summed E-state index contributed by atoms with van der Waals surface area (Å²) in [4.78, 5) is 12.4. The van der Waals surface area contributed by atoms with E-state index in [1.54, 1.807) is 49.4 Å². The van der Waals surface area contributed by atoms with Crippen LogP contribution in [-0.2, 0) is 14.8 Å². The Bertz CT molecular complexity index is 883. The maximum Gasteiger partial charge on any atom is 0.233 e. The molecule has 0 heterocycles. The Morgan fingerprint density at radius 3 is 2.46 bits per heavy atom. The summed E-state index contributed by atoms with van der Waals surface area (Å²) in [5.41, 5.74) is 1.87. The number of sulfonamides is 1. The summed E-state index contributed by atoms with van der Waals surface area (Å²) in [7, 11) is -2.21. The summed E-state index contributed by atoms with van der Waals surface area (Å²) >= 11 is 5.93. The summed E-state index contributed by atoms with van der Waals surface area (Å²) in [6.45, 7) is 3.45. The lowest BCUT2D eigenvalue weighted by molar-refractivity contribution is -0.118. The van der Waals surface area contributed by atoms with Crippen molar-refractivity contribution in [2.45, 2.75) is 13.8 Å². The lowest BCUT2D eigenvalue weighted by atomic mass is 10.2. The van der Waals surface area contributed by atoms with Crippen molar-refractivity contribution in [2.24, 2.45) is 5.92 Å². The molecule has 0 spiro atoms. The zero-order chi connectivity index (χ0) is 19.3. The largest absolute Gasteiger partial charge is 0.495 e. The highest BCUT2D eigenvalue weighted by molar-refractivity contribution is 7.92. The Balaban J connectivity index is 2.04. The number of hydrogen-bond acceptors (Lipinski definition) is 4. The van der Waals surface area contributed by atoms with Crippen LogP contribution in [0.2, 0.25) is 5.02 Å². The van der Waals surface area contributed by atoms with E-state index in [2.05, 4.69) is 10.0 Å². The molecule has 0 aliphatic carbocycles. The molecule has 0 saturated heterocycles. The molecule has 6 nitrogen and oxygen atoms in total. The molecule has 8 heteroatoms. The number of halogens is 1. The predicted octanol–water partition coefficient (Wildman–Crippen LogP) is 3.67. The van der Waals surface area contributed by atoms with Crippen LogP contribution in [0.4, 0.5) is 11.4 Å². The fourth-order valence-corrected chi connectivity index (χ4v) is 3.84. The molecule has 2 rings (SSSR count). The van der Waals surface area contributed by atoms with E-state index in [4.69, 9.17) is 16.3 Å². The molecule has 1 amide bonds. The van der Waals surface area contributed by atoms with Crippen LogP contribution >= 0.6 is 11.6 Å². The van der Waals surface area contributed by atoms with E-state index >= 15 is 0 Å². The predicted molar refractivity (Wildman–Crippen MR) is 104 cm³/mol.